The molecule has 2 aromatic rings. The third-order valence-corrected chi connectivity index (χ3v) is 3.66. The van der Waals surface area contributed by atoms with E-state index in [1.165, 1.54) is 6.07 Å². The van der Waals surface area contributed by atoms with Crippen LogP contribution in [0.25, 0.3) is 11.1 Å². The summed E-state index contributed by atoms with van der Waals surface area (Å²) in [6, 6.07) is 11.5. The molecule has 0 unspecified atom stereocenters. The van der Waals surface area contributed by atoms with Gasteiger partial charge in [0.15, 0.2) is 0 Å². The number of hydrogen-bond acceptors (Lipinski definition) is 4. The Morgan fingerprint density at radius 1 is 1.23 bits per heavy atom. The summed E-state index contributed by atoms with van der Waals surface area (Å²) in [6.45, 7) is 0.327. The molecule has 3 rings (SSSR count). The molecule has 0 fully saturated rings. The molecule has 1 heterocycles. The highest BCUT2D eigenvalue weighted by molar-refractivity contribution is 5.76. The van der Waals surface area contributed by atoms with Crippen LogP contribution >= 0.6 is 0 Å². The van der Waals surface area contributed by atoms with Gasteiger partial charge >= 0.3 is 0 Å². The zero-order valence-electron chi connectivity index (χ0n) is 11.6. The maximum atomic E-state index is 14.2. The third-order valence-electron chi connectivity index (χ3n) is 3.66. The van der Waals surface area contributed by atoms with E-state index in [9.17, 15) is 4.39 Å². The zero-order valence-corrected chi connectivity index (χ0v) is 11.6. The quantitative estimate of drug-likeness (QED) is 0.922. The zero-order chi connectivity index (χ0) is 15.7. The molecular weight excluding hydrogens is 281 g/mol. The van der Waals surface area contributed by atoms with Gasteiger partial charge in [-0.05, 0) is 41.0 Å². The molecule has 1 atom stereocenters. The maximum absolute atomic E-state index is 14.2. The average Bonchev–Trinajstić information content (AvgIpc) is 2.54. The molecule has 4 nitrogen and oxygen atoms in total. The van der Waals surface area contributed by atoms with E-state index in [-0.39, 0.29) is 6.42 Å². The summed E-state index contributed by atoms with van der Waals surface area (Å²) in [5.41, 5.74) is 8.83. The highest BCUT2D eigenvalue weighted by atomic mass is 19.1. The van der Waals surface area contributed by atoms with E-state index in [4.69, 9.17) is 21.0 Å². The number of nitrogens with zero attached hydrogens (tertiary/aromatic N) is 2. The minimum atomic E-state index is -0.749. The summed E-state index contributed by atoms with van der Waals surface area (Å²) in [5.74, 6) is 0.156. The summed E-state index contributed by atoms with van der Waals surface area (Å²) in [5, 5.41) is 17.7. The lowest BCUT2D eigenvalue weighted by atomic mass is 9.93. The molecule has 2 N–H and O–H groups in total. The van der Waals surface area contributed by atoms with Crippen LogP contribution in [-0.4, -0.2) is 6.04 Å². The lowest BCUT2D eigenvalue weighted by Gasteiger charge is -2.22. The Bertz CT molecular complexity index is 833. The molecule has 22 heavy (non-hydrogen) atoms. The molecule has 108 valence electrons. The van der Waals surface area contributed by atoms with Crippen molar-refractivity contribution < 1.29 is 9.13 Å². The lowest BCUT2D eigenvalue weighted by molar-refractivity contribution is 0.301. The molecule has 0 saturated carbocycles. The Labute approximate surface area is 127 Å². The van der Waals surface area contributed by atoms with Crippen molar-refractivity contribution in [2.24, 2.45) is 5.73 Å². The molecule has 0 aromatic heterocycles. The van der Waals surface area contributed by atoms with Crippen LogP contribution in [0.1, 0.15) is 16.7 Å². The molecule has 0 bridgehead atoms. The van der Waals surface area contributed by atoms with E-state index in [1.54, 1.807) is 24.3 Å². The first-order valence-corrected chi connectivity index (χ1v) is 6.76. The minimum absolute atomic E-state index is 0.138. The predicted octanol–water partition coefficient (Wildman–Crippen LogP) is 2.65. The van der Waals surface area contributed by atoms with E-state index in [2.05, 4.69) is 6.07 Å². The Morgan fingerprint density at radius 2 is 2.05 bits per heavy atom. The first kappa shape index (κ1) is 14.1. The van der Waals surface area contributed by atoms with Gasteiger partial charge in [-0.25, -0.2) is 4.39 Å². The molecule has 5 heteroatoms. The third kappa shape index (κ3) is 2.39. The second kappa shape index (κ2) is 5.48. The monoisotopic (exact) mass is 293 g/mol. The van der Waals surface area contributed by atoms with Gasteiger partial charge in [-0.1, -0.05) is 6.07 Å². The van der Waals surface area contributed by atoms with Gasteiger partial charge in [0, 0.05) is 12.0 Å². The molecule has 0 radical (unpaired) electrons. The van der Waals surface area contributed by atoms with Crippen LogP contribution < -0.4 is 10.5 Å². The first-order valence-electron chi connectivity index (χ1n) is 6.76. The summed E-state index contributed by atoms with van der Waals surface area (Å²) in [6.07, 6.45) is 0.138. The minimum Gasteiger partial charge on any atom is -0.488 e. The number of nitriles is 2. The van der Waals surface area contributed by atoms with Gasteiger partial charge in [0.2, 0.25) is 0 Å². The Hall–Kier alpha value is -2.89. The van der Waals surface area contributed by atoms with Gasteiger partial charge in [0.05, 0.1) is 23.7 Å². The Morgan fingerprint density at radius 3 is 2.77 bits per heavy atom. The number of fused-ring (bicyclic) bond motifs is 3. The summed E-state index contributed by atoms with van der Waals surface area (Å²) < 4.78 is 19.9. The number of rotatable bonds is 2. The van der Waals surface area contributed by atoms with Crippen molar-refractivity contribution in [1.29, 1.82) is 10.5 Å². The summed E-state index contributed by atoms with van der Waals surface area (Å²) in [7, 11) is 0. The van der Waals surface area contributed by atoms with Crippen molar-refractivity contribution in [2.45, 2.75) is 19.1 Å². The predicted molar refractivity (Wildman–Crippen MR) is 78.2 cm³/mol. The van der Waals surface area contributed by atoms with Crippen LogP contribution in [0.2, 0.25) is 0 Å². The van der Waals surface area contributed by atoms with Gasteiger partial charge in [-0.3, -0.25) is 0 Å². The summed E-state index contributed by atoms with van der Waals surface area (Å²) >= 11 is 0. The van der Waals surface area contributed by atoms with Crippen LogP contribution in [0.15, 0.2) is 30.3 Å². The van der Waals surface area contributed by atoms with Crippen LogP contribution in [0.3, 0.4) is 0 Å². The Balaban J connectivity index is 2.06. The van der Waals surface area contributed by atoms with Crippen molar-refractivity contribution >= 4 is 0 Å². The topological polar surface area (TPSA) is 82.8 Å². The largest absolute Gasteiger partial charge is 0.488 e. The van der Waals surface area contributed by atoms with Gasteiger partial charge in [-0.2, -0.15) is 10.5 Å². The maximum Gasteiger partial charge on any atom is 0.128 e. The fraction of sp³-hybridized carbons (Fsp3) is 0.176. The SMILES string of the molecule is N#Cc1ccc2c(c1)COc1cc(C[C@H](N)C#N)c(F)cc1-2. The number of nitrogens with two attached hydrogens (primary N) is 1. The van der Waals surface area contributed by atoms with Crippen molar-refractivity contribution in [3.8, 4) is 29.0 Å². The van der Waals surface area contributed by atoms with Crippen molar-refractivity contribution in [2.75, 3.05) is 0 Å². The molecule has 1 aliphatic rings. The van der Waals surface area contributed by atoms with E-state index in [0.29, 0.717) is 29.0 Å². The van der Waals surface area contributed by atoms with Gasteiger partial charge in [0.1, 0.15) is 18.2 Å². The standard InChI is InChI=1S/C17H12FN3O/c18-16-6-15-14-2-1-10(7-19)3-12(14)9-22-17(15)5-11(16)4-13(21)8-20/h1-3,5-6,13H,4,9,21H2/t13-/m0/s1. The van der Waals surface area contributed by atoms with Crippen LogP contribution in [0.5, 0.6) is 5.75 Å². The van der Waals surface area contributed by atoms with Gasteiger partial charge in [-0.15, -0.1) is 0 Å². The smallest absolute Gasteiger partial charge is 0.128 e. The fourth-order valence-corrected chi connectivity index (χ4v) is 2.57. The summed E-state index contributed by atoms with van der Waals surface area (Å²) in [4.78, 5) is 0. The molecule has 0 amide bonds. The molecule has 0 spiro atoms. The number of hydrogen-bond donors (Lipinski definition) is 1. The highest BCUT2D eigenvalue weighted by Crippen LogP contribution is 2.39. The molecular formula is C17H12FN3O. The van der Waals surface area contributed by atoms with Crippen molar-refractivity contribution in [3.63, 3.8) is 0 Å². The van der Waals surface area contributed by atoms with Crippen molar-refractivity contribution in [3.05, 3.63) is 52.8 Å². The molecule has 2 aromatic carbocycles. The average molecular weight is 293 g/mol. The van der Waals surface area contributed by atoms with Crippen LogP contribution in [-0.2, 0) is 13.0 Å². The molecule has 0 saturated heterocycles. The van der Waals surface area contributed by atoms with Crippen LogP contribution in [0, 0.1) is 28.5 Å². The normalized spacial score (nSPS) is 13.1. The lowest BCUT2D eigenvalue weighted by Crippen LogP contribution is -2.21. The highest BCUT2D eigenvalue weighted by Gasteiger charge is 2.21. The van der Waals surface area contributed by atoms with Crippen molar-refractivity contribution in [1.82, 2.24) is 0 Å². The first-order chi connectivity index (χ1) is 10.6. The fourth-order valence-electron chi connectivity index (χ4n) is 2.57. The van der Waals surface area contributed by atoms with Gasteiger partial charge in [0.25, 0.3) is 0 Å². The number of halogens is 1. The van der Waals surface area contributed by atoms with E-state index in [1.807, 2.05) is 6.07 Å². The molecule has 1 aliphatic heterocycles. The van der Waals surface area contributed by atoms with Gasteiger partial charge < -0.3 is 10.5 Å². The Kier molecular flexibility index (Phi) is 3.50. The van der Waals surface area contributed by atoms with E-state index in [0.717, 1.165) is 11.1 Å². The number of ether oxygens (including phenoxy) is 1. The number of benzene rings is 2. The van der Waals surface area contributed by atoms with E-state index < -0.39 is 11.9 Å². The second-order valence-corrected chi connectivity index (χ2v) is 5.15. The van der Waals surface area contributed by atoms with E-state index >= 15 is 0 Å². The second-order valence-electron chi connectivity index (χ2n) is 5.15. The van der Waals surface area contributed by atoms with Crippen LogP contribution in [0.4, 0.5) is 4.39 Å². The molecule has 0 aliphatic carbocycles.